The van der Waals surface area contributed by atoms with Crippen molar-refractivity contribution in [3.8, 4) is 0 Å². The Labute approximate surface area is 178 Å². The average Bonchev–Trinajstić information content (AvgIpc) is 3.30. The highest BCUT2D eigenvalue weighted by molar-refractivity contribution is 7.99. The SMILES string of the molecule is FC(F)c1nnc2ccc(Sc3nc4cc(Cl)ccc4n3Cc3ccccc3)nn12. The summed E-state index contributed by atoms with van der Waals surface area (Å²) >= 11 is 7.42. The summed E-state index contributed by atoms with van der Waals surface area (Å²) in [5.41, 5.74) is 3.04. The van der Waals surface area contributed by atoms with Crippen LogP contribution >= 0.6 is 23.4 Å². The van der Waals surface area contributed by atoms with Gasteiger partial charge in [-0.05, 0) is 47.7 Å². The van der Waals surface area contributed by atoms with Crippen LogP contribution in [0.1, 0.15) is 17.8 Å². The molecule has 0 unspecified atom stereocenters. The van der Waals surface area contributed by atoms with Gasteiger partial charge in [0.05, 0.1) is 17.6 Å². The Balaban J connectivity index is 1.59. The molecule has 150 valence electrons. The van der Waals surface area contributed by atoms with E-state index in [1.807, 2.05) is 42.5 Å². The Kier molecular flexibility index (Phi) is 4.84. The van der Waals surface area contributed by atoms with Gasteiger partial charge in [-0.25, -0.2) is 13.8 Å². The molecule has 30 heavy (non-hydrogen) atoms. The van der Waals surface area contributed by atoms with E-state index in [1.54, 1.807) is 18.2 Å². The Morgan fingerprint density at radius 1 is 1.00 bits per heavy atom. The fourth-order valence-corrected chi connectivity index (χ4v) is 4.18. The van der Waals surface area contributed by atoms with E-state index in [9.17, 15) is 8.78 Å². The van der Waals surface area contributed by atoms with Gasteiger partial charge in [-0.15, -0.1) is 10.2 Å². The summed E-state index contributed by atoms with van der Waals surface area (Å²) in [5.74, 6) is -0.489. The maximum Gasteiger partial charge on any atom is 0.299 e. The third-order valence-corrected chi connectivity index (χ3v) is 5.67. The van der Waals surface area contributed by atoms with E-state index >= 15 is 0 Å². The molecule has 0 saturated carbocycles. The maximum absolute atomic E-state index is 13.2. The molecule has 0 aliphatic rings. The molecule has 0 spiro atoms. The second kappa shape index (κ2) is 7.66. The maximum atomic E-state index is 13.2. The van der Waals surface area contributed by atoms with Gasteiger partial charge in [0.1, 0.15) is 5.03 Å². The molecular weight excluding hydrogens is 430 g/mol. The van der Waals surface area contributed by atoms with Crippen LogP contribution in [-0.2, 0) is 6.54 Å². The third-order valence-electron chi connectivity index (χ3n) is 4.51. The highest BCUT2D eigenvalue weighted by Gasteiger charge is 2.19. The smallest absolute Gasteiger partial charge is 0.299 e. The van der Waals surface area contributed by atoms with Crippen molar-refractivity contribution in [2.75, 3.05) is 0 Å². The van der Waals surface area contributed by atoms with Gasteiger partial charge in [-0.1, -0.05) is 41.9 Å². The zero-order valence-electron chi connectivity index (χ0n) is 15.3. The molecule has 5 rings (SSSR count). The number of hydrogen-bond donors (Lipinski definition) is 0. The van der Waals surface area contributed by atoms with Crippen LogP contribution in [0.4, 0.5) is 8.78 Å². The van der Waals surface area contributed by atoms with Crippen molar-refractivity contribution >= 4 is 40.0 Å². The first-order valence-corrected chi connectivity index (χ1v) is 10.2. The number of hydrogen-bond acceptors (Lipinski definition) is 5. The number of rotatable bonds is 5. The molecular formula is C20H13ClF2N6S. The van der Waals surface area contributed by atoms with Crippen LogP contribution in [-0.4, -0.2) is 29.4 Å². The van der Waals surface area contributed by atoms with Gasteiger partial charge in [0.15, 0.2) is 10.8 Å². The van der Waals surface area contributed by atoms with Gasteiger partial charge < -0.3 is 4.57 Å². The third kappa shape index (κ3) is 3.50. The highest BCUT2D eigenvalue weighted by Crippen LogP contribution is 2.31. The van der Waals surface area contributed by atoms with Crippen molar-refractivity contribution in [2.45, 2.75) is 23.2 Å². The first kappa shape index (κ1) is 19.0. The number of benzene rings is 2. The normalized spacial score (nSPS) is 11.7. The van der Waals surface area contributed by atoms with E-state index in [-0.39, 0.29) is 5.65 Å². The first-order valence-electron chi connectivity index (χ1n) is 8.96. The van der Waals surface area contributed by atoms with Gasteiger partial charge in [-0.3, -0.25) is 0 Å². The fraction of sp³-hybridized carbons (Fsp3) is 0.100. The average molecular weight is 443 g/mol. The van der Waals surface area contributed by atoms with E-state index in [4.69, 9.17) is 16.6 Å². The van der Waals surface area contributed by atoms with Gasteiger partial charge >= 0.3 is 0 Å². The Morgan fingerprint density at radius 3 is 2.63 bits per heavy atom. The largest absolute Gasteiger partial charge is 0.314 e. The van der Waals surface area contributed by atoms with Gasteiger partial charge in [-0.2, -0.15) is 9.61 Å². The monoisotopic (exact) mass is 442 g/mol. The molecule has 5 aromatic rings. The summed E-state index contributed by atoms with van der Waals surface area (Å²) in [6, 6.07) is 18.8. The molecule has 0 aliphatic heterocycles. The van der Waals surface area contributed by atoms with Crippen molar-refractivity contribution in [3.05, 3.63) is 77.1 Å². The first-order chi connectivity index (χ1) is 14.6. The summed E-state index contributed by atoms with van der Waals surface area (Å²) in [6.07, 6.45) is -2.77. The van der Waals surface area contributed by atoms with Crippen molar-refractivity contribution < 1.29 is 8.78 Å². The van der Waals surface area contributed by atoms with Crippen LogP contribution in [0.2, 0.25) is 5.02 Å². The van der Waals surface area contributed by atoms with Crippen LogP contribution in [0.25, 0.3) is 16.7 Å². The van der Waals surface area contributed by atoms with Gasteiger partial charge in [0.2, 0.25) is 5.82 Å². The van der Waals surface area contributed by atoms with E-state index in [2.05, 4.69) is 19.9 Å². The number of nitrogens with zero attached hydrogens (tertiary/aromatic N) is 6. The van der Waals surface area contributed by atoms with Gasteiger partial charge in [0.25, 0.3) is 6.43 Å². The highest BCUT2D eigenvalue weighted by atomic mass is 35.5. The summed E-state index contributed by atoms with van der Waals surface area (Å²) < 4.78 is 29.5. The van der Waals surface area contributed by atoms with Crippen LogP contribution in [0.5, 0.6) is 0 Å². The van der Waals surface area contributed by atoms with E-state index in [0.717, 1.165) is 21.1 Å². The van der Waals surface area contributed by atoms with Crippen molar-refractivity contribution in [1.82, 2.24) is 29.4 Å². The summed E-state index contributed by atoms with van der Waals surface area (Å²) in [7, 11) is 0. The van der Waals surface area contributed by atoms with Crippen molar-refractivity contribution in [1.29, 1.82) is 0 Å². The number of halogens is 3. The molecule has 6 nitrogen and oxygen atoms in total. The Bertz CT molecular complexity index is 1350. The minimum atomic E-state index is -2.77. The molecule has 10 heteroatoms. The molecule has 0 amide bonds. The standard InChI is InChI=1S/C20H13ClF2N6S/c21-13-6-7-15-14(10-13)24-20(28(15)11-12-4-2-1-3-5-12)30-17-9-8-16-25-26-19(18(22)23)29(16)27-17/h1-10,18H,11H2. The lowest BCUT2D eigenvalue weighted by Crippen LogP contribution is -2.03. The molecule has 0 saturated heterocycles. The molecule has 0 N–H and O–H groups in total. The lowest BCUT2D eigenvalue weighted by Gasteiger charge is -2.09. The molecule has 3 aromatic heterocycles. The summed E-state index contributed by atoms with van der Waals surface area (Å²) in [4.78, 5) is 4.70. The van der Waals surface area contributed by atoms with Crippen LogP contribution in [0.15, 0.2) is 70.8 Å². The molecule has 0 bridgehead atoms. The zero-order chi connectivity index (χ0) is 20.7. The minimum Gasteiger partial charge on any atom is -0.314 e. The van der Waals surface area contributed by atoms with E-state index in [0.29, 0.717) is 21.7 Å². The number of fused-ring (bicyclic) bond motifs is 2. The van der Waals surface area contributed by atoms with E-state index in [1.165, 1.54) is 11.8 Å². The van der Waals surface area contributed by atoms with Crippen LogP contribution in [0, 0.1) is 0 Å². The van der Waals surface area contributed by atoms with E-state index < -0.39 is 12.2 Å². The molecule has 0 aliphatic carbocycles. The summed E-state index contributed by atoms with van der Waals surface area (Å²) in [6.45, 7) is 0.596. The topological polar surface area (TPSA) is 60.9 Å². The summed E-state index contributed by atoms with van der Waals surface area (Å²) in [5, 5.41) is 13.3. The Hall–Kier alpha value is -3.04. The quantitative estimate of drug-likeness (QED) is 0.371. The predicted octanol–water partition coefficient (Wildman–Crippen LogP) is 5.26. The van der Waals surface area contributed by atoms with Crippen molar-refractivity contribution in [2.24, 2.45) is 0 Å². The Morgan fingerprint density at radius 2 is 1.83 bits per heavy atom. The van der Waals surface area contributed by atoms with Crippen LogP contribution in [0.3, 0.4) is 0 Å². The minimum absolute atomic E-state index is 0.263. The van der Waals surface area contributed by atoms with Crippen molar-refractivity contribution in [3.63, 3.8) is 0 Å². The lowest BCUT2D eigenvalue weighted by atomic mass is 10.2. The molecule has 3 heterocycles. The lowest BCUT2D eigenvalue weighted by molar-refractivity contribution is 0.137. The predicted molar refractivity (Wildman–Crippen MR) is 110 cm³/mol. The second-order valence-electron chi connectivity index (χ2n) is 6.50. The molecule has 0 fully saturated rings. The van der Waals surface area contributed by atoms with Crippen LogP contribution < -0.4 is 0 Å². The molecule has 2 aromatic carbocycles. The second-order valence-corrected chi connectivity index (χ2v) is 7.93. The number of imidazole rings is 1. The number of aromatic nitrogens is 6. The molecule has 0 radical (unpaired) electrons. The van der Waals surface area contributed by atoms with Gasteiger partial charge in [0, 0.05) is 5.02 Å². The fourth-order valence-electron chi connectivity index (χ4n) is 3.15. The molecule has 0 atom stereocenters. The zero-order valence-corrected chi connectivity index (χ0v) is 16.9. The number of alkyl halides is 2.